The molecule has 0 fully saturated rings. The van der Waals surface area contributed by atoms with Gasteiger partial charge in [-0.3, -0.25) is 4.79 Å². The molecular formula is C12H24N2O3. The molecule has 3 N–H and O–H groups in total. The summed E-state index contributed by atoms with van der Waals surface area (Å²) in [7, 11) is 0. The predicted octanol–water partition coefficient (Wildman–Crippen LogP) is 1.98. The van der Waals surface area contributed by atoms with Crippen LogP contribution < -0.4 is 10.6 Å². The first-order valence-electron chi connectivity index (χ1n) is 6.32. The van der Waals surface area contributed by atoms with E-state index in [1.165, 1.54) is 12.8 Å². The van der Waals surface area contributed by atoms with E-state index in [1.807, 2.05) is 0 Å². The molecule has 5 heteroatoms. The summed E-state index contributed by atoms with van der Waals surface area (Å²) in [6.07, 6.45) is 4.96. The molecule has 0 aromatic rings. The molecule has 5 nitrogen and oxygen atoms in total. The lowest BCUT2D eigenvalue weighted by atomic mass is 10.1. The van der Waals surface area contributed by atoms with E-state index in [0.29, 0.717) is 19.5 Å². The maximum atomic E-state index is 11.3. The van der Waals surface area contributed by atoms with Gasteiger partial charge in [0.1, 0.15) is 0 Å². The van der Waals surface area contributed by atoms with Crippen molar-refractivity contribution in [1.82, 2.24) is 10.6 Å². The molecule has 1 atom stereocenters. The van der Waals surface area contributed by atoms with Crippen LogP contribution in [0.5, 0.6) is 0 Å². The number of aliphatic carboxylic acids is 1. The van der Waals surface area contributed by atoms with Gasteiger partial charge in [0, 0.05) is 13.1 Å². The van der Waals surface area contributed by atoms with E-state index in [0.717, 1.165) is 12.8 Å². The fourth-order valence-electron chi connectivity index (χ4n) is 1.34. The summed E-state index contributed by atoms with van der Waals surface area (Å²) < 4.78 is 0. The van der Waals surface area contributed by atoms with Crippen molar-refractivity contribution in [1.29, 1.82) is 0 Å². The van der Waals surface area contributed by atoms with Crippen LogP contribution in [0.1, 0.15) is 46.0 Å². The van der Waals surface area contributed by atoms with Gasteiger partial charge in [0.05, 0.1) is 5.92 Å². The number of nitrogens with one attached hydrogen (secondary N) is 2. The lowest BCUT2D eigenvalue weighted by Crippen LogP contribution is -2.37. The second-order valence-corrected chi connectivity index (χ2v) is 4.27. The van der Waals surface area contributed by atoms with Crippen LogP contribution in [-0.4, -0.2) is 30.2 Å². The molecule has 0 aliphatic carbocycles. The fourth-order valence-corrected chi connectivity index (χ4v) is 1.34. The lowest BCUT2D eigenvalue weighted by Gasteiger charge is -2.09. The van der Waals surface area contributed by atoms with Gasteiger partial charge >= 0.3 is 12.0 Å². The second-order valence-electron chi connectivity index (χ2n) is 4.27. The number of carboxylic acid groups (broad SMARTS) is 1. The summed E-state index contributed by atoms with van der Waals surface area (Å²) >= 11 is 0. The number of hydrogen-bond acceptors (Lipinski definition) is 2. The Labute approximate surface area is 103 Å². The predicted molar refractivity (Wildman–Crippen MR) is 67.0 cm³/mol. The van der Waals surface area contributed by atoms with Crippen LogP contribution in [0.15, 0.2) is 0 Å². The van der Waals surface area contributed by atoms with E-state index in [1.54, 1.807) is 6.92 Å². The Morgan fingerprint density at radius 2 is 1.76 bits per heavy atom. The smallest absolute Gasteiger partial charge is 0.314 e. The first-order chi connectivity index (χ1) is 8.07. The highest BCUT2D eigenvalue weighted by Crippen LogP contribution is 1.99. The number of rotatable bonds is 9. The quantitative estimate of drug-likeness (QED) is 0.543. The number of carbonyl (C=O) groups excluding carboxylic acids is 1. The van der Waals surface area contributed by atoms with Crippen molar-refractivity contribution < 1.29 is 14.7 Å². The Morgan fingerprint density at radius 1 is 1.12 bits per heavy atom. The Kier molecular flexibility index (Phi) is 9.19. The number of urea groups is 1. The monoisotopic (exact) mass is 244 g/mol. The van der Waals surface area contributed by atoms with E-state index < -0.39 is 11.9 Å². The molecule has 0 bridgehead atoms. The maximum absolute atomic E-state index is 11.3. The minimum Gasteiger partial charge on any atom is -0.481 e. The summed E-state index contributed by atoms with van der Waals surface area (Å²) in [6, 6.07) is -0.209. The van der Waals surface area contributed by atoms with Crippen LogP contribution in [0.3, 0.4) is 0 Å². The van der Waals surface area contributed by atoms with Crippen LogP contribution in [0.2, 0.25) is 0 Å². The molecule has 0 spiro atoms. The summed E-state index contributed by atoms with van der Waals surface area (Å²) in [5, 5.41) is 14.0. The van der Waals surface area contributed by atoms with Gasteiger partial charge in [0.25, 0.3) is 0 Å². The van der Waals surface area contributed by atoms with Crippen LogP contribution in [0, 0.1) is 5.92 Å². The third-order valence-electron chi connectivity index (χ3n) is 2.60. The van der Waals surface area contributed by atoms with Crippen molar-refractivity contribution in [3.63, 3.8) is 0 Å². The number of hydrogen-bond donors (Lipinski definition) is 3. The zero-order valence-electron chi connectivity index (χ0n) is 10.8. The molecule has 0 aliphatic heterocycles. The number of unbranched alkanes of at least 4 members (excludes halogenated alkanes) is 3. The molecule has 1 unspecified atom stereocenters. The van der Waals surface area contributed by atoms with Crippen molar-refractivity contribution in [2.45, 2.75) is 46.0 Å². The zero-order chi connectivity index (χ0) is 13.1. The summed E-state index contributed by atoms with van der Waals surface area (Å²) in [4.78, 5) is 21.8. The molecule has 0 aromatic carbocycles. The summed E-state index contributed by atoms with van der Waals surface area (Å²) in [5.41, 5.74) is 0. The summed E-state index contributed by atoms with van der Waals surface area (Å²) in [5.74, 6) is -1.24. The molecule has 0 saturated carbocycles. The van der Waals surface area contributed by atoms with Gasteiger partial charge in [-0.1, -0.05) is 33.1 Å². The molecule has 17 heavy (non-hydrogen) atoms. The minimum absolute atomic E-state index is 0.209. The standard InChI is InChI=1S/C12H24N2O3/c1-3-4-5-6-8-13-12(17)14-9-7-10(2)11(15)16/h10H,3-9H2,1-2H3,(H,15,16)(H2,13,14,17). The van der Waals surface area contributed by atoms with Gasteiger partial charge in [-0.05, 0) is 12.8 Å². The highest BCUT2D eigenvalue weighted by atomic mass is 16.4. The van der Waals surface area contributed by atoms with Crippen molar-refractivity contribution in [2.75, 3.05) is 13.1 Å². The number of amides is 2. The fraction of sp³-hybridized carbons (Fsp3) is 0.833. The molecule has 0 saturated heterocycles. The van der Waals surface area contributed by atoms with E-state index >= 15 is 0 Å². The molecule has 0 radical (unpaired) electrons. The minimum atomic E-state index is -0.827. The van der Waals surface area contributed by atoms with Crippen LogP contribution in [-0.2, 0) is 4.79 Å². The van der Waals surface area contributed by atoms with Gasteiger partial charge in [0.15, 0.2) is 0 Å². The van der Waals surface area contributed by atoms with Crippen molar-refractivity contribution in [3.05, 3.63) is 0 Å². The average molecular weight is 244 g/mol. The van der Waals surface area contributed by atoms with Crippen LogP contribution >= 0.6 is 0 Å². The molecule has 0 aliphatic rings. The van der Waals surface area contributed by atoms with Gasteiger partial charge in [-0.25, -0.2) is 4.79 Å². The Hall–Kier alpha value is -1.26. The first-order valence-corrected chi connectivity index (χ1v) is 6.32. The lowest BCUT2D eigenvalue weighted by molar-refractivity contribution is -0.141. The molecular weight excluding hydrogens is 220 g/mol. The van der Waals surface area contributed by atoms with E-state index in [2.05, 4.69) is 17.6 Å². The molecule has 2 amide bonds. The SMILES string of the molecule is CCCCCCNC(=O)NCCC(C)C(=O)O. The summed E-state index contributed by atoms with van der Waals surface area (Å²) in [6.45, 7) is 4.85. The van der Waals surface area contributed by atoms with E-state index in [-0.39, 0.29) is 6.03 Å². The molecule has 0 rings (SSSR count). The van der Waals surface area contributed by atoms with Crippen LogP contribution in [0.4, 0.5) is 4.79 Å². The van der Waals surface area contributed by atoms with Crippen molar-refractivity contribution in [3.8, 4) is 0 Å². The molecule has 0 aromatic heterocycles. The normalized spacial score (nSPS) is 11.9. The topological polar surface area (TPSA) is 78.4 Å². The Bertz CT molecular complexity index is 232. The van der Waals surface area contributed by atoms with Crippen LogP contribution in [0.25, 0.3) is 0 Å². The van der Waals surface area contributed by atoms with Crippen molar-refractivity contribution in [2.24, 2.45) is 5.92 Å². The second kappa shape index (κ2) is 9.93. The van der Waals surface area contributed by atoms with E-state index in [4.69, 9.17) is 5.11 Å². The van der Waals surface area contributed by atoms with Gasteiger partial charge < -0.3 is 15.7 Å². The largest absolute Gasteiger partial charge is 0.481 e. The van der Waals surface area contributed by atoms with E-state index in [9.17, 15) is 9.59 Å². The molecule has 100 valence electrons. The third-order valence-corrected chi connectivity index (χ3v) is 2.60. The highest BCUT2D eigenvalue weighted by molar-refractivity contribution is 5.74. The van der Waals surface area contributed by atoms with Crippen molar-refractivity contribution >= 4 is 12.0 Å². The number of carbonyl (C=O) groups is 2. The van der Waals surface area contributed by atoms with Gasteiger partial charge in [0.2, 0.25) is 0 Å². The highest BCUT2D eigenvalue weighted by Gasteiger charge is 2.10. The third kappa shape index (κ3) is 9.66. The van der Waals surface area contributed by atoms with Gasteiger partial charge in [-0.15, -0.1) is 0 Å². The number of carboxylic acids is 1. The first kappa shape index (κ1) is 15.7. The van der Waals surface area contributed by atoms with Gasteiger partial charge in [-0.2, -0.15) is 0 Å². The zero-order valence-corrected chi connectivity index (χ0v) is 10.8. The Balaban J connectivity index is 3.38. The average Bonchev–Trinajstić information content (AvgIpc) is 2.28. The Morgan fingerprint density at radius 3 is 2.35 bits per heavy atom. The maximum Gasteiger partial charge on any atom is 0.314 e. The molecule has 0 heterocycles.